The lowest BCUT2D eigenvalue weighted by Gasteiger charge is -1.81. The summed E-state index contributed by atoms with van der Waals surface area (Å²) < 4.78 is 3.40. The molecule has 0 heterocycles. The van der Waals surface area contributed by atoms with Crippen molar-refractivity contribution in [3.05, 3.63) is 0 Å². The Balaban J connectivity index is 3.22. The van der Waals surface area contributed by atoms with Gasteiger partial charge in [-0.15, -0.1) is 0 Å². The molecule has 0 N–H and O–H groups in total. The summed E-state index contributed by atoms with van der Waals surface area (Å²) in [6, 6.07) is 0. The SMILES string of the molecule is CC/C(C)=N\Cl. The van der Waals surface area contributed by atoms with E-state index in [-0.39, 0.29) is 0 Å². The highest BCUT2D eigenvalue weighted by molar-refractivity contribution is 6.19. The van der Waals surface area contributed by atoms with Crippen LogP contribution >= 0.6 is 11.8 Å². The summed E-state index contributed by atoms with van der Waals surface area (Å²) in [7, 11) is 0. The van der Waals surface area contributed by atoms with E-state index in [0.717, 1.165) is 12.1 Å². The van der Waals surface area contributed by atoms with E-state index in [1.807, 2.05) is 13.8 Å². The summed E-state index contributed by atoms with van der Waals surface area (Å²) in [6.45, 7) is 3.91. The summed E-state index contributed by atoms with van der Waals surface area (Å²) in [6.07, 6.45) is 0.948. The maximum absolute atomic E-state index is 5.04. The van der Waals surface area contributed by atoms with Crippen LogP contribution in [-0.2, 0) is 0 Å². The lowest BCUT2D eigenvalue weighted by Crippen LogP contribution is -1.80. The highest BCUT2D eigenvalue weighted by atomic mass is 35.5. The molecule has 0 aromatic heterocycles. The fourth-order valence-electron chi connectivity index (χ4n) is 0.0598. The zero-order valence-electron chi connectivity index (χ0n) is 4.03. The Bertz CT molecular complexity index is 58.6. The van der Waals surface area contributed by atoms with Crippen LogP contribution in [0, 0.1) is 0 Å². The minimum Gasteiger partial charge on any atom is -0.187 e. The van der Waals surface area contributed by atoms with Crippen LogP contribution in [0.3, 0.4) is 0 Å². The second-order valence-electron chi connectivity index (χ2n) is 1.17. The van der Waals surface area contributed by atoms with Crippen molar-refractivity contribution in [1.82, 2.24) is 0 Å². The molecule has 2 heteroatoms. The van der Waals surface area contributed by atoms with Gasteiger partial charge in [-0.3, -0.25) is 0 Å². The van der Waals surface area contributed by atoms with Crippen LogP contribution in [0.15, 0.2) is 4.51 Å². The molecular weight excluding hydrogens is 97.5 g/mol. The molecule has 0 aliphatic rings. The molecule has 0 unspecified atom stereocenters. The minimum atomic E-state index is 0.948. The zero-order valence-corrected chi connectivity index (χ0v) is 4.79. The Morgan fingerprint density at radius 3 is 2.33 bits per heavy atom. The van der Waals surface area contributed by atoms with Crippen molar-refractivity contribution in [2.24, 2.45) is 4.51 Å². The van der Waals surface area contributed by atoms with Crippen LogP contribution in [0.1, 0.15) is 20.3 Å². The van der Waals surface area contributed by atoms with Gasteiger partial charge >= 0.3 is 0 Å². The fourth-order valence-corrected chi connectivity index (χ4v) is 0.179. The fraction of sp³-hybridized carbons (Fsp3) is 0.750. The monoisotopic (exact) mass is 105 g/mol. The average molecular weight is 106 g/mol. The third-order valence-corrected chi connectivity index (χ3v) is 0.944. The van der Waals surface area contributed by atoms with E-state index in [4.69, 9.17) is 11.8 Å². The number of halogens is 1. The van der Waals surface area contributed by atoms with Gasteiger partial charge in [0, 0.05) is 17.5 Å². The first-order valence-electron chi connectivity index (χ1n) is 1.95. The van der Waals surface area contributed by atoms with Gasteiger partial charge in [0.05, 0.1) is 0 Å². The maximum Gasteiger partial charge on any atom is 0.0364 e. The van der Waals surface area contributed by atoms with Gasteiger partial charge in [0.2, 0.25) is 0 Å². The molecule has 0 aromatic carbocycles. The van der Waals surface area contributed by atoms with Gasteiger partial charge in [-0.2, -0.15) is 4.51 Å². The molecule has 0 rings (SSSR count). The maximum atomic E-state index is 5.04. The van der Waals surface area contributed by atoms with Crippen LogP contribution in [0.2, 0.25) is 0 Å². The number of rotatable bonds is 1. The molecule has 6 heavy (non-hydrogen) atoms. The molecule has 0 saturated heterocycles. The largest absolute Gasteiger partial charge is 0.187 e. The molecule has 0 bridgehead atoms. The summed E-state index contributed by atoms with van der Waals surface area (Å²) in [4.78, 5) is 0. The molecule has 0 spiro atoms. The Morgan fingerprint density at radius 2 is 2.33 bits per heavy atom. The van der Waals surface area contributed by atoms with E-state index >= 15 is 0 Å². The molecule has 0 saturated carbocycles. The Kier molecular flexibility index (Phi) is 3.14. The predicted molar refractivity (Wildman–Crippen MR) is 29.3 cm³/mol. The minimum absolute atomic E-state index is 0.948. The van der Waals surface area contributed by atoms with Gasteiger partial charge in [0.1, 0.15) is 0 Å². The highest BCUT2D eigenvalue weighted by Gasteiger charge is 1.77. The standard InChI is InChI=1S/C4H8ClN/c1-3-4(2)6-5/h3H2,1-2H3/b6-4-. The number of hydrogen-bond donors (Lipinski definition) is 0. The number of nitrogens with zero attached hydrogens (tertiary/aromatic N) is 1. The van der Waals surface area contributed by atoms with Crippen LogP contribution < -0.4 is 0 Å². The van der Waals surface area contributed by atoms with Gasteiger partial charge in [-0.05, 0) is 13.3 Å². The quantitative estimate of drug-likeness (QED) is 0.453. The van der Waals surface area contributed by atoms with E-state index in [1.165, 1.54) is 0 Å². The second-order valence-corrected chi connectivity index (χ2v) is 1.34. The van der Waals surface area contributed by atoms with E-state index in [1.54, 1.807) is 0 Å². The first-order chi connectivity index (χ1) is 2.81. The Labute approximate surface area is 43.1 Å². The van der Waals surface area contributed by atoms with E-state index in [0.29, 0.717) is 0 Å². The van der Waals surface area contributed by atoms with Gasteiger partial charge < -0.3 is 0 Å². The van der Waals surface area contributed by atoms with Crippen molar-refractivity contribution >= 4 is 17.5 Å². The summed E-state index contributed by atoms with van der Waals surface area (Å²) in [5, 5.41) is 0. The predicted octanol–water partition coefficient (Wildman–Crippen LogP) is 2.01. The average Bonchev–Trinajstić information content (AvgIpc) is 1.65. The van der Waals surface area contributed by atoms with Crippen molar-refractivity contribution in [3.63, 3.8) is 0 Å². The molecule has 0 radical (unpaired) electrons. The normalized spacial score (nSPS) is 12.2. The van der Waals surface area contributed by atoms with Crippen LogP contribution in [0.5, 0.6) is 0 Å². The molecule has 1 nitrogen and oxygen atoms in total. The van der Waals surface area contributed by atoms with Gasteiger partial charge in [-0.1, -0.05) is 6.92 Å². The van der Waals surface area contributed by atoms with Crippen LogP contribution in [-0.4, -0.2) is 5.71 Å². The van der Waals surface area contributed by atoms with Crippen molar-refractivity contribution < 1.29 is 0 Å². The van der Waals surface area contributed by atoms with Crippen LogP contribution in [0.4, 0.5) is 0 Å². The van der Waals surface area contributed by atoms with E-state index in [9.17, 15) is 0 Å². The van der Waals surface area contributed by atoms with Gasteiger partial charge in [-0.25, -0.2) is 0 Å². The molecule has 0 atom stereocenters. The molecule has 0 fully saturated rings. The third-order valence-electron chi connectivity index (χ3n) is 0.656. The Hall–Kier alpha value is -0.0400. The molecule has 36 valence electrons. The van der Waals surface area contributed by atoms with Crippen molar-refractivity contribution in [2.45, 2.75) is 20.3 Å². The second kappa shape index (κ2) is 3.16. The topological polar surface area (TPSA) is 12.4 Å². The zero-order chi connectivity index (χ0) is 4.99. The van der Waals surface area contributed by atoms with Crippen molar-refractivity contribution in [1.29, 1.82) is 0 Å². The summed E-state index contributed by atoms with van der Waals surface area (Å²) in [5.74, 6) is 0. The molecule has 0 aliphatic carbocycles. The lowest BCUT2D eigenvalue weighted by atomic mass is 10.3. The van der Waals surface area contributed by atoms with Gasteiger partial charge in [0.15, 0.2) is 0 Å². The third kappa shape index (κ3) is 2.21. The summed E-state index contributed by atoms with van der Waals surface area (Å²) >= 11 is 5.04. The lowest BCUT2D eigenvalue weighted by molar-refractivity contribution is 1.27. The molecular formula is C4H8ClN. The molecule has 0 amide bonds. The molecule has 0 aromatic rings. The first kappa shape index (κ1) is 5.96. The van der Waals surface area contributed by atoms with Gasteiger partial charge in [0.25, 0.3) is 0 Å². The Morgan fingerprint density at radius 1 is 1.83 bits per heavy atom. The first-order valence-corrected chi connectivity index (χ1v) is 2.29. The van der Waals surface area contributed by atoms with Crippen molar-refractivity contribution in [2.75, 3.05) is 0 Å². The summed E-state index contributed by atoms with van der Waals surface area (Å²) in [5.41, 5.74) is 0.983. The van der Waals surface area contributed by atoms with Crippen LogP contribution in [0.25, 0.3) is 0 Å². The van der Waals surface area contributed by atoms with E-state index < -0.39 is 0 Å². The van der Waals surface area contributed by atoms with E-state index in [2.05, 4.69) is 4.51 Å². The number of hydrogen-bond acceptors (Lipinski definition) is 1. The smallest absolute Gasteiger partial charge is 0.0364 e. The van der Waals surface area contributed by atoms with Crippen molar-refractivity contribution in [3.8, 4) is 0 Å². The highest BCUT2D eigenvalue weighted by Crippen LogP contribution is 1.85. The molecule has 0 aliphatic heterocycles.